The Kier molecular flexibility index (Phi) is 5.55. The van der Waals surface area contributed by atoms with Gasteiger partial charge in [-0.2, -0.15) is 5.10 Å². The van der Waals surface area contributed by atoms with E-state index in [4.69, 9.17) is 11.6 Å². The van der Waals surface area contributed by atoms with Crippen molar-refractivity contribution in [2.75, 3.05) is 31.1 Å². The van der Waals surface area contributed by atoms with Gasteiger partial charge in [0.1, 0.15) is 5.82 Å². The van der Waals surface area contributed by atoms with Crippen LogP contribution in [-0.2, 0) is 0 Å². The molecule has 8 heteroatoms. The number of rotatable bonds is 4. The first kappa shape index (κ1) is 20.1. The lowest BCUT2D eigenvalue weighted by molar-refractivity contribution is 0.0746. The molecule has 6 nitrogen and oxygen atoms in total. The molecule has 1 saturated heterocycles. The zero-order valence-electron chi connectivity index (χ0n) is 16.4. The maximum atomic E-state index is 14.4. The van der Waals surface area contributed by atoms with Gasteiger partial charge in [-0.1, -0.05) is 11.6 Å². The number of hydrogen-bond donors (Lipinski definition) is 0. The molecule has 0 N–H and O–H groups in total. The summed E-state index contributed by atoms with van der Waals surface area (Å²) in [4.78, 5) is 27.9. The first-order valence-electron chi connectivity index (χ1n) is 9.58. The minimum atomic E-state index is -0.424. The number of aromatic nitrogens is 2. The summed E-state index contributed by atoms with van der Waals surface area (Å²) in [6.45, 7) is 3.37. The monoisotopic (exact) mass is 426 g/mol. The van der Waals surface area contributed by atoms with Crippen LogP contribution in [0.3, 0.4) is 0 Å². The Balaban J connectivity index is 1.41. The summed E-state index contributed by atoms with van der Waals surface area (Å²) < 4.78 is 16.0. The van der Waals surface area contributed by atoms with E-state index >= 15 is 0 Å². The smallest absolute Gasteiger partial charge is 0.257 e. The van der Waals surface area contributed by atoms with Gasteiger partial charge < -0.3 is 9.80 Å². The van der Waals surface area contributed by atoms with Gasteiger partial charge in [-0.25, -0.2) is 9.07 Å². The van der Waals surface area contributed by atoms with E-state index in [-0.39, 0.29) is 11.7 Å². The van der Waals surface area contributed by atoms with Crippen molar-refractivity contribution in [2.24, 2.45) is 0 Å². The number of amides is 1. The van der Waals surface area contributed by atoms with Gasteiger partial charge in [0.2, 0.25) is 0 Å². The number of ketones is 1. The molecule has 4 rings (SSSR count). The number of anilines is 1. The highest BCUT2D eigenvalue weighted by atomic mass is 35.5. The number of benzene rings is 2. The molecule has 0 unspecified atom stereocenters. The van der Waals surface area contributed by atoms with Gasteiger partial charge >= 0.3 is 0 Å². The third-order valence-electron chi connectivity index (χ3n) is 5.18. The van der Waals surface area contributed by atoms with Gasteiger partial charge in [0.25, 0.3) is 5.91 Å². The minimum Gasteiger partial charge on any atom is -0.366 e. The molecule has 3 aromatic rings. The summed E-state index contributed by atoms with van der Waals surface area (Å²) in [5.74, 6) is -0.705. The SMILES string of the molecule is CC(=O)c1ccc(N2CCN(C(=O)c3cnn(-c4ccc(Cl)cc4)c3)CC2)c(F)c1. The summed E-state index contributed by atoms with van der Waals surface area (Å²) in [5.41, 5.74) is 2.11. The third-order valence-corrected chi connectivity index (χ3v) is 5.43. The van der Waals surface area contributed by atoms with Crippen molar-refractivity contribution >= 4 is 29.0 Å². The van der Waals surface area contributed by atoms with Gasteiger partial charge in [-0.05, 0) is 49.4 Å². The minimum absolute atomic E-state index is 0.109. The average molecular weight is 427 g/mol. The molecule has 0 aliphatic carbocycles. The number of nitrogens with zero attached hydrogens (tertiary/aromatic N) is 4. The Morgan fingerprint density at radius 3 is 2.33 bits per heavy atom. The molecule has 1 fully saturated rings. The summed E-state index contributed by atoms with van der Waals surface area (Å²) in [6, 6.07) is 11.7. The zero-order valence-corrected chi connectivity index (χ0v) is 17.1. The largest absolute Gasteiger partial charge is 0.366 e. The Morgan fingerprint density at radius 1 is 1.00 bits per heavy atom. The van der Waals surface area contributed by atoms with E-state index in [1.807, 2.05) is 17.0 Å². The molecule has 1 aliphatic rings. The molecule has 1 aliphatic heterocycles. The molecule has 1 aromatic heterocycles. The van der Waals surface area contributed by atoms with Gasteiger partial charge in [0.15, 0.2) is 5.78 Å². The highest BCUT2D eigenvalue weighted by Gasteiger charge is 2.25. The zero-order chi connectivity index (χ0) is 21.3. The fourth-order valence-corrected chi connectivity index (χ4v) is 3.61. The Labute approximate surface area is 178 Å². The quantitative estimate of drug-likeness (QED) is 0.595. The standard InChI is InChI=1S/C22H20ClFN4O2/c1-15(29)16-2-7-21(20(24)12-16)26-8-10-27(11-9-26)22(30)17-13-25-28(14-17)19-5-3-18(23)4-6-19/h2-7,12-14H,8-11H2,1H3. The summed E-state index contributed by atoms with van der Waals surface area (Å²) in [7, 11) is 0. The second-order valence-electron chi connectivity index (χ2n) is 7.15. The van der Waals surface area contributed by atoms with Crippen LogP contribution in [0.15, 0.2) is 54.9 Å². The summed E-state index contributed by atoms with van der Waals surface area (Å²) >= 11 is 5.91. The highest BCUT2D eigenvalue weighted by Crippen LogP contribution is 2.23. The lowest BCUT2D eigenvalue weighted by Crippen LogP contribution is -2.49. The van der Waals surface area contributed by atoms with Crippen LogP contribution in [0.25, 0.3) is 5.69 Å². The normalized spacial score (nSPS) is 14.1. The molecule has 0 saturated carbocycles. The fourth-order valence-electron chi connectivity index (χ4n) is 3.48. The Morgan fingerprint density at radius 2 is 1.70 bits per heavy atom. The number of piperazine rings is 1. The molecular formula is C22H20ClFN4O2. The maximum absolute atomic E-state index is 14.4. The van der Waals surface area contributed by atoms with Crippen molar-refractivity contribution in [3.8, 4) is 5.69 Å². The van der Waals surface area contributed by atoms with Crippen molar-refractivity contribution in [2.45, 2.75) is 6.92 Å². The van der Waals surface area contributed by atoms with E-state index in [0.29, 0.717) is 48.0 Å². The van der Waals surface area contributed by atoms with Crippen molar-refractivity contribution < 1.29 is 14.0 Å². The highest BCUT2D eigenvalue weighted by molar-refractivity contribution is 6.30. The van der Waals surface area contributed by atoms with E-state index in [1.54, 1.807) is 46.2 Å². The van der Waals surface area contributed by atoms with Gasteiger partial charge in [-0.3, -0.25) is 9.59 Å². The van der Waals surface area contributed by atoms with Crippen LogP contribution in [0.1, 0.15) is 27.6 Å². The topological polar surface area (TPSA) is 58.4 Å². The molecule has 2 heterocycles. The predicted molar refractivity (Wildman–Crippen MR) is 113 cm³/mol. The van der Waals surface area contributed by atoms with E-state index in [2.05, 4.69) is 5.10 Å². The lowest BCUT2D eigenvalue weighted by atomic mass is 10.1. The summed E-state index contributed by atoms with van der Waals surface area (Å²) in [6.07, 6.45) is 3.24. The van der Waals surface area contributed by atoms with Crippen molar-refractivity contribution in [1.82, 2.24) is 14.7 Å². The molecule has 0 radical (unpaired) electrons. The second-order valence-corrected chi connectivity index (χ2v) is 7.59. The van der Waals surface area contributed by atoms with Crippen molar-refractivity contribution in [3.63, 3.8) is 0 Å². The van der Waals surface area contributed by atoms with Crippen molar-refractivity contribution in [3.05, 3.63) is 76.8 Å². The van der Waals surface area contributed by atoms with Gasteiger partial charge in [-0.15, -0.1) is 0 Å². The van der Waals surface area contributed by atoms with Gasteiger partial charge in [0.05, 0.1) is 23.1 Å². The van der Waals surface area contributed by atoms with Crippen LogP contribution in [-0.4, -0.2) is 52.5 Å². The molecule has 154 valence electrons. The number of Topliss-reactive ketones (excluding diaryl/α,β-unsaturated/α-hetero) is 1. The maximum Gasteiger partial charge on any atom is 0.257 e. The Hall–Kier alpha value is -3.19. The average Bonchev–Trinajstić information content (AvgIpc) is 3.24. The molecule has 0 atom stereocenters. The van der Waals surface area contributed by atoms with Gasteiger partial charge in [0, 0.05) is 43.0 Å². The van der Waals surface area contributed by atoms with Crippen LogP contribution in [0.5, 0.6) is 0 Å². The van der Waals surface area contributed by atoms with E-state index in [9.17, 15) is 14.0 Å². The second kappa shape index (κ2) is 8.28. The van der Waals surface area contributed by atoms with E-state index in [1.165, 1.54) is 13.0 Å². The van der Waals surface area contributed by atoms with Crippen LogP contribution < -0.4 is 4.90 Å². The Bertz CT molecular complexity index is 1090. The predicted octanol–water partition coefficient (Wildman–Crippen LogP) is 3.83. The van der Waals surface area contributed by atoms with E-state index in [0.717, 1.165) is 5.69 Å². The molecule has 2 aromatic carbocycles. The van der Waals surface area contributed by atoms with E-state index < -0.39 is 5.82 Å². The molecule has 30 heavy (non-hydrogen) atoms. The molecular weight excluding hydrogens is 407 g/mol. The number of halogens is 2. The molecule has 0 bridgehead atoms. The van der Waals surface area contributed by atoms with Crippen LogP contribution in [0.2, 0.25) is 5.02 Å². The lowest BCUT2D eigenvalue weighted by Gasteiger charge is -2.36. The van der Waals surface area contributed by atoms with Crippen LogP contribution in [0.4, 0.5) is 10.1 Å². The third kappa shape index (κ3) is 4.07. The summed E-state index contributed by atoms with van der Waals surface area (Å²) in [5, 5.41) is 4.90. The van der Waals surface area contributed by atoms with Crippen LogP contribution in [0, 0.1) is 5.82 Å². The first-order chi connectivity index (χ1) is 14.4. The number of hydrogen-bond acceptors (Lipinski definition) is 4. The van der Waals surface area contributed by atoms with Crippen molar-refractivity contribution in [1.29, 1.82) is 0 Å². The first-order valence-corrected chi connectivity index (χ1v) is 9.95. The van der Waals surface area contributed by atoms with Crippen LogP contribution >= 0.6 is 11.6 Å². The molecule has 0 spiro atoms. The number of carbonyl (C=O) groups is 2. The molecule has 1 amide bonds. The number of carbonyl (C=O) groups excluding carboxylic acids is 2. The fraction of sp³-hybridized carbons (Fsp3) is 0.227.